The van der Waals surface area contributed by atoms with Gasteiger partial charge in [0.2, 0.25) is 0 Å². The van der Waals surface area contributed by atoms with Crippen molar-refractivity contribution in [3.05, 3.63) is 35.4 Å². The Kier molecular flexibility index (Phi) is 4.19. The minimum Gasteiger partial charge on any atom is -0.300 e. The Hall–Kier alpha value is -1.24. The molecule has 1 aromatic carbocycles. The zero-order valence-corrected chi connectivity index (χ0v) is 10.3. The molecule has 19 heavy (non-hydrogen) atoms. The number of benzene rings is 1. The third-order valence-electron chi connectivity index (χ3n) is 2.89. The van der Waals surface area contributed by atoms with E-state index in [1.807, 2.05) is 0 Å². The van der Waals surface area contributed by atoms with Crippen molar-refractivity contribution in [3.63, 3.8) is 0 Å². The van der Waals surface area contributed by atoms with Gasteiger partial charge in [0.05, 0.1) is 5.56 Å². The molecule has 0 heterocycles. The predicted molar refractivity (Wildman–Crippen MR) is 58.5 cm³/mol. The van der Waals surface area contributed by atoms with Gasteiger partial charge in [-0.25, -0.2) is 0 Å². The number of halogens is 6. The third kappa shape index (κ3) is 3.20. The summed E-state index contributed by atoms with van der Waals surface area (Å²) in [5.41, 5.74) is -3.60. The molecule has 1 nitrogen and oxygen atoms in total. The van der Waals surface area contributed by atoms with E-state index >= 15 is 0 Å². The summed E-state index contributed by atoms with van der Waals surface area (Å²) in [5, 5.41) is 2.27. The van der Waals surface area contributed by atoms with E-state index in [-0.39, 0.29) is 12.1 Å². The SMILES string of the molecule is CCNC(C)(c1ccc(C(F)(F)F)cc1)C(F)(F)F. The monoisotopic (exact) mass is 285 g/mol. The lowest BCUT2D eigenvalue weighted by atomic mass is 9.90. The van der Waals surface area contributed by atoms with Crippen LogP contribution in [0.4, 0.5) is 26.3 Å². The average Bonchev–Trinajstić information content (AvgIpc) is 2.27. The molecule has 1 unspecified atom stereocenters. The highest BCUT2D eigenvalue weighted by molar-refractivity contribution is 5.31. The standard InChI is InChI=1S/C12H13F6N/c1-3-19-10(2,12(16,17)18)8-4-6-9(7-5-8)11(13,14)15/h4-7,19H,3H2,1-2H3. The quantitative estimate of drug-likeness (QED) is 0.825. The van der Waals surface area contributed by atoms with Crippen molar-refractivity contribution >= 4 is 0 Å². The molecule has 0 fully saturated rings. The topological polar surface area (TPSA) is 12.0 Å². The van der Waals surface area contributed by atoms with Crippen LogP contribution in [-0.2, 0) is 11.7 Å². The second kappa shape index (κ2) is 5.03. The molecule has 0 amide bonds. The van der Waals surface area contributed by atoms with Crippen molar-refractivity contribution in [2.75, 3.05) is 6.54 Å². The maximum absolute atomic E-state index is 13.0. The van der Waals surface area contributed by atoms with Crippen molar-refractivity contribution in [2.45, 2.75) is 31.7 Å². The van der Waals surface area contributed by atoms with Gasteiger partial charge in [-0.05, 0) is 31.2 Å². The van der Waals surface area contributed by atoms with Crippen molar-refractivity contribution in [1.29, 1.82) is 0 Å². The molecule has 108 valence electrons. The Bertz CT molecular complexity index is 419. The van der Waals surface area contributed by atoms with Crippen molar-refractivity contribution in [2.24, 2.45) is 0 Å². The van der Waals surface area contributed by atoms with E-state index in [4.69, 9.17) is 0 Å². The smallest absolute Gasteiger partial charge is 0.300 e. The molecular formula is C12H13F6N. The van der Waals surface area contributed by atoms with Gasteiger partial charge in [0.15, 0.2) is 0 Å². The van der Waals surface area contributed by atoms with Crippen LogP contribution in [0.2, 0.25) is 0 Å². The number of hydrogen-bond acceptors (Lipinski definition) is 1. The first-order valence-electron chi connectivity index (χ1n) is 5.52. The highest BCUT2D eigenvalue weighted by Crippen LogP contribution is 2.39. The molecule has 0 spiro atoms. The average molecular weight is 285 g/mol. The van der Waals surface area contributed by atoms with Crippen LogP contribution in [-0.4, -0.2) is 12.7 Å². The molecule has 0 radical (unpaired) electrons. The molecule has 1 rings (SSSR count). The van der Waals surface area contributed by atoms with E-state index < -0.39 is 23.5 Å². The molecule has 1 atom stereocenters. The van der Waals surface area contributed by atoms with Gasteiger partial charge in [-0.1, -0.05) is 19.1 Å². The Labute approximate surface area is 106 Å². The van der Waals surface area contributed by atoms with Gasteiger partial charge in [0.25, 0.3) is 0 Å². The van der Waals surface area contributed by atoms with Gasteiger partial charge in [0, 0.05) is 0 Å². The molecule has 7 heteroatoms. The fourth-order valence-electron chi connectivity index (χ4n) is 1.71. The molecule has 0 saturated heterocycles. The Morgan fingerprint density at radius 2 is 1.32 bits per heavy atom. The molecule has 0 bridgehead atoms. The Morgan fingerprint density at radius 1 is 0.895 bits per heavy atom. The van der Waals surface area contributed by atoms with Crippen molar-refractivity contribution in [3.8, 4) is 0 Å². The molecule has 0 aromatic heterocycles. The summed E-state index contributed by atoms with van der Waals surface area (Å²) in [5.74, 6) is 0. The number of nitrogens with one attached hydrogen (secondary N) is 1. The Balaban J connectivity index is 3.20. The maximum Gasteiger partial charge on any atom is 0.416 e. The fourth-order valence-corrected chi connectivity index (χ4v) is 1.71. The van der Waals surface area contributed by atoms with E-state index in [9.17, 15) is 26.3 Å². The van der Waals surface area contributed by atoms with Crippen LogP contribution in [0.15, 0.2) is 24.3 Å². The van der Waals surface area contributed by atoms with Crippen molar-refractivity contribution in [1.82, 2.24) is 5.32 Å². The van der Waals surface area contributed by atoms with Crippen molar-refractivity contribution < 1.29 is 26.3 Å². The normalized spacial score (nSPS) is 16.2. The molecular weight excluding hydrogens is 272 g/mol. The van der Waals surface area contributed by atoms with Crippen LogP contribution in [0.25, 0.3) is 0 Å². The summed E-state index contributed by atoms with van der Waals surface area (Å²) in [7, 11) is 0. The van der Waals surface area contributed by atoms with Gasteiger partial charge < -0.3 is 5.32 Å². The van der Waals surface area contributed by atoms with Gasteiger partial charge in [-0.3, -0.25) is 0 Å². The maximum atomic E-state index is 13.0. The highest BCUT2D eigenvalue weighted by atomic mass is 19.4. The summed E-state index contributed by atoms with van der Waals surface area (Å²) in [4.78, 5) is 0. The summed E-state index contributed by atoms with van der Waals surface area (Å²) >= 11 is 0. The lowest BCUT2D eigenvalue weighted by molar-refractivity contribution is -0.195. The van der Waals surface area contributed by atoms with Gasteiger partial charge >= 0.3 is 12.4 Å². The van der Waals surface area contributed by atoms with Crippen LogP contribution in [0.3, 0.4) is 0 Å². The van der Waals surface area contributed by atoms with Gasteiger partial charge in [-0.2, -0.15) is 26.3 Å². The first-order valence-corrected chi connectivity index (χ1v) is 5.52. The van der Waals surface area contributed by atoms with Crippen LogP contribution >= 0.6 is 0 Å². The number of hydrogen-bond donors (Lipinski definition) is 1. The first kappa shape index (κ1) is 15.8. The minimum absolute atomic E-state index is 0.0387. The summed E-state index contributed by atoms with van der Waals surface area (Å²) < 4.78 is 76.2. The zero-order chi connectivity index (χ0) is 14.9. The summed E-state index contributed by atoms with van der Waals surface area (Å²) in [6.45, 7) is 2.43. The zero-order valence-electron chi connectivity index (χ0n) is 10.3. The molecule has 0 aliphatic heterocycles. The second-order valence-corrected chi connectivity index (χ2v) is 4.23. The van der Waals surface area contributed by atoms with Gasteiger partial charge in [0.1, 0.15) is 5.54 Å². The third-order valence-corrected chi connectivity index (χ3v) is 2.89. The van der Waals surface area contributed by atoms with E-state index in [1.54, 1.807) is 0 Å². The summed E-state index contributed by atoms with van der Waals surface area (Å²) in [6, 6.07) is 2.99. The van der Waals surface area contributed by atoms with Crippen LogP contribution in [0.1, 0.15) is 25.0 Å². The van der Waals surface area contributed by atoms with E-state index in [1.165, 1.54) is 6.92 Å². The fraction of sp³-hybridized carbons (Fsp3) is 0.500. The highest BCUT2D eigenvalue weighted by Gasteiger charge is 2.51. The van der Waals surface area contributed by atoms with Crippen LogP contribution in [0.5, 0.6) is 0 Å². The number of alkyl halides is 6. The van der Waals surface area contributed by atoms with E-state index in [0.717, 1.165) is 19.1 Å². The van der Waals surface area contributed by atoms with E-state index in [2.05, 4.69) is 5.32 Å². The second-order valence-electron chi connectivity index (χ2n) is 4.23. The lowest BCUT2D eigenvalue weighted by Crippen LogP contribution is -2.51. The van der Waals surface area contributed by atoms with Gasteiger partial charge in [-0.15, -0.1) is 0 Å². The van der Waals surface area contributed by atoms with E-state index in [0.29, 0.717) is 12.1 Å². The lowest BCUT2D eigenvalue weighted by Gasteiger charge is -2.33. The minimum atomic E-state index is -4.61. The molecule has 1 N–H and O–H groups in total. The van der Waals surface area contributed by atoms with Crippen LogP contribution < -0.4 is 5.32 Å². The number of rotatable bonds is 3. The predicted octanol–water partition coefficient (Wildman–Crippen LogP) is 4.09. The molecule has 0 aliphatic carbocycles. The first-order chi connectivity index (χ1) is 8.52. The Morgan fingerprint density at radius 3 is 1.63 bits per heavy atom. The molecule has 1 aromatic rings. The summed E-state index contributed by atoms with van der Waals surface area (Å²) in [6.07, 6.45) is -9.17. The molecule has 0 aliphatic rings. The molecule has 0 saturated carbocycles. The largest absolute Gasteiger partial charge is 0.416 e. The van der Waals surface area contributed by atoms with Crippen LogP contribution in [0, 0.1) is 0 Å².